The molecule has 2 N–H and O–H groups in total. The number of furan rings is 1. The minimum Gasteiger partial charge on any atom is -0.465 e. The van der Waals surface area contributed by atoms with Crippen LogP contribution >= 0.6 is 0 Å². The highest BCUT2D eigenvalue weighted by molar-refractivity contribution is 5.80. The molecule has 116 valence electrons. The lowest BCUT2D eigenvalue weighted by atomic mass is 10.2. The Kier molecular flexibility index (Phi) is 4.48. The van der Waals surface area contributed by atoms with E-state index in [1.807, 2.05) is 14.0 Å². The molecule has 1 saturated carbocycles. The van der Waals surface area contributed by atoms with Crippen molar-refractivity contribution in [1.82, 2.24) is 15.5 Å². The number of nitrogens with one attached hydrogen (secondary N) is 2. The van der Waals surface area contributed by atoms with Gasteiger partial charge in [-0.25, -0.2) is 0 Å². The van der Waals surface area contributed by atoms with E-state index in [2.05, 4.69) is 32.7 Å². The van der Waals surface area contributed by atoms with E-state index < -0.39 is 0 Å². The molecule has 3 rings (SSSR count). The van der Waals surface area contributed by atoms with Crippen LogP contribution in [0.4, 0.5) is 0 Å². The van der Waals surface area contributed by atoms with Gasteiger partial charge in [0.05, 0.1) is 6.04 Å². The number of hydrogen-bond donors (Lipinski definition) is 2. The average molecular weight is 290 g/mol. The Morgan fingerprint density at radius 3 is 2.71 bits per heavy atom. The molecule has 1 saturated heterocycles. The van der Waals surface area contributed by atoms with Gasteiger partial charge in [-0.3, -0.25) is 9.89 Å². The number of guanidine groups is 1. The molecule has 1 aromatic rings. The van der Waals surface area contributed by atoms with Crippen LogP contribution in [0.2, 0.25) is 0 Å². The summed E-state index contributed by atoms with van der Waals surface area (Å²) in [7, 11) is 1.83. The van der Waals surface area contributed by atoms with Gasteiger partial charge in [0, 0.05) is 19.6 Å². The fourth-order valence-corrected chi connectivity index (χ4v) is 2.90. The molecule has 1 aromatic heterocycles. The highest BCUT2D eigenvalue weighted by Gasteiger charge is 2.27. The van der Waals surface area contributed by atoms with Gasteiger partial charge in [0.1, 0.15) is 11.5 Å². The first-order valence-corrected chi connectivity index (χ1v) is 8.04. The predicted octanol–water partition coefficient (Wildman–Crippen LogP) is 2.05. The zero-order valence-electron chi connectivity index (χ0n) is 13.1. The lowest BCUT2D eigenvalue weighted by Crippen LogP contribution is -2.43. The molecule has 0 spiro atoms. The lowest BCUT2D eigenvalue weighted by molar-refractivity contribution is 0.213. The van der Waals surface area contributed by atoms with Crippen LogP contribution in [0.25, 0.3) is 0 Å². The van der Waals surface area contributed by atoms with Crippen LogP contribution in [-0.4, -0.2) is 43.6 Å². The molecule has 2 aliphatic rings. The second kappa shape index (κ2) is 6.52. The molecule has 0 amide bonds. The Morgan fingerprint density at radius 1 is 1.38 bits per heavy atom. The van der Waals surface area contributed by atoms with Gasteiger partial charge in [-0.05, 0) is 57.8 Å². The smallest absolute Gasteiger partial charge is 0.191 e. The van der Waals surface area contributed by atoms with Crippen LogP contribution < -0.4 is 10.6 Å². The molecule has 0 radical (unpaired) electrons. The third-order valence-electron chi connectivity index (χ3n) is 4.28. The Balaban J connectivity index is 1.63. The molecule has 5 heteroatoms. The normalized spacial score (nSPS) is 21.5. The van der Waals surface area contributed by atoms with Crippen molar-refractivity contribution in [2.45, 2.75) is 44.7 Å². The van der Waals surface area contributed by atoms with Gasteiger partial charge in [-0.2, -0.15) is 0 Å². The van der Waals surface area contributed by atoms with Crippen molar-refractivity contribution >= 4 is 5.96 Å². The number of nitrogens with zero attached hydrogens (tertiary/aromatic N) is 2. The monoisotopic (exact) mass is 290 g/mol. The van der Waals surface area contributed by atoms with E-state index in [4.69, 9.17) is 4.42 Å². The first-order chi connectivity index (χ1) is 10.3. The van der Waals surface area contributed by atoms with Gasteiger partial charge in [0.2, 0.25) is 0 Å². The van der Waals surface area contributed by atoms with Crippen molar-refractivity contribution < 1.29 is 4.42 Å². The summed E-state index contributed by atoms with van der Waals surface area (Å²) in [6.45, 7) is 5.15. The van der Waals surface area contributed by atoms with Gasteiger partial charge in [-0.15, -0.1) is 0 Å². The van der Waals surface area contributed by atoms with Crippen molar-refractivity contribution in [3.05, 3.63) is 23.7 Å². The average Bonchev–Trinajstić information content (AvgIpc) is 2.96. The highest BCUT2D eigenvalue weighted by Crippen LogP contribution is 2.26. The second-order valence-corrected chi connectivity index (χ2v) is 6.08. The van der Waals surface area contributed by atoms with E-state index in [1.54, 1.807) is 0 Å². The van der Waals surface area contributed by atoms with E-state index in [1.165, 1.54) is 25.7 Å². The Hall–Kier alpha value is -1.49. The predicted molar refractivity (Wildman–Crippen MR) is 84.5 cm³/mol. The number of aliphatic imine (C=N–C) groups is 1. The number of likely N-dealkylation sites (tertiary alicyclic amines) is 1. The highest BCUT2D eigenvalue weighted by atomic mass is 16.3. The Bertz CT molecular complexity index is 486. The molecule has 5 nitrogen and oxygen atoms in total. The van der Waals surface area contributed by atoms with E-state index >= 15 is 0 Å². The first-order valence-electron chi connectivity index (χ1n) is 8.04. The van der Waals surface area contributed by atoms with Crippen molar-refractivity contribution in [2.24, 2.45) is 4.99 Å². The Morgan fingerprint density at radius 2 is 2.14 bits per heavy atom. The lowest BCUT2D eigenvalue weighted by Gasteiger charge is -2.26. The summed E-state index contributed by atoms with van der Waals surface area (Å²) < 4.78 is 5.88. The number of rotatable bonds is 5. The van der Waals surface area contributed by atoms with Crippen LogP contribution in [0.1, 0.15) is 43.2 Å². The number of hydrogen-bond acceptors (Lipinski definition) is 3. The van der Waals surface area contributed by atoms with E-state index in [0.717, 1.165) is 37.1 Å². The van der Waals surface area contributed by atoms with Crippen molar-refractivity contribution in [3.8, 4) is 0 Å². The summed E-state index contributed by atoms with van der Waals surface area (Å²) >= 11 is 0. The van der Waals surface area contributed by atoms with Gasteiger partial charge >= 0.3 is 0 Å². The third kappa shape index (κ3) is 3.79. The van der Waals surface area contributed by atoms with Gasteiger partial charge < -0.3 is 15.1 Å². The third-order valence-corrected chi connectivity index (χ3v) is 4.28. The van der Waals surface area contributed by atoms with Crippen LogP contribution in [0.15, 0.2) is 21.5 Å². The Labute approximate surface area is 126 Å². The summed E-state index contributed by atoms with van der Waals surface area (Å²) in [5, 5.41) is 6.90. The molecule has 2 fully saturated rings. The van der Waals surface area contributed by atoms with E-state index in [-0.39, 0.29) is 0 Å². The summed E-state index contributed by atoms with van der Waals surface area (Å²) in [5.41, 5.74) is 0. The molecular weight excluding hydrogens is 264 g/mol. The minimum atomic E-state index is 0.291. The second-order valence-electron chi connectivity index (χ2n) is 6.08. The molecule has 1 atom stereocenters. The number of aryl methyl sites for hydroxylation is 1. The maximum atomic E-state index is 5.88. The van der Waals surface area contributed by atoms with Gasteiger partial charge in [0.25, 0.3) is 0 Å². The van der Waals surface area contributed by atoms with Crippen LogP contribution in [0, 0.1) is 6.92 Å². The zero-order chi connectivity index (χ0) is 14.7. The minimum absolute atomic E-state index is 0.291. The van der Waals surface area contributed by atoms with Crippen molar-refractivity contribution in [1.29, 1.82) is 0 Å². The molecule has 0 aromatic carbocycles. The van der Waals surface area contributed by atoms with Gasteiger partial charge in [0.15, 0.2) is 5.96 Å². The molecule has 0 bridgehead atoms. The van der Waals surface area contributed by atoms with Crippen LogP contribution in [0.3, 0.4) is 0 Å². The SMILES string of the molecule is CN=C(NCC(c1ccc(C)o1)N1CCCC1)NC1CC1. The fraction of sp³-hybridized carbons (Fsp3) is 0.688. The van der Waals surface area contributed by atoms with E-state index in [0.29, 0.717) is 12.1 Å². The van der Waals surface area contributed by atoms with E-state index in [9.17, 15) is 0 Å². The summed E-state index contributed by atoms with van der Waals surface area (Å²) in [6, 6.07) is 5.07. The maximum absolute atomic E-state index is 5.88. The molecule has 21 heavy (non-hydrogen) atoms. The van der Waals surface area contributed by atoms with Crippen LogP contribution in [0.5, 0.6) is 0 Å². The molecule has 2 heterocycles. The quantitative estimate of drug-likeness (QED) is 0.644. The zero-order valence-corrected chi connectivity index (χ0v) is 13.1. The molecular formula is C16H26N4O. The molecule has 1 aliphatic carbocycles. The van der Waals surface area contributed by atoms with Gasteiger partial charge in [-0.1, -0.05) is 0 Å². The van der Waals surface area contributed by atoms with Crippen molar-refractivity contribution in [2.75, 3.05) is 26.7 Å². The summed E-state index contributed by atoms with van der Waals surface area (Å²) in [6.07, 6.45) is 5.08. The molecule has 1 unspecified atom stereocenters. The van der Waals surface area contributed by atoms with Crippen LogP contribution in [-0.2, 0) is 0 Å². The maximum Gasteiger partial charge on any atom is 0.191 e. The van der Waals surface area contributed by atoms with Crippen molar-refractivity contribution in [3.63, 3.8) is 0 Å². The first kappa shape index (κ1) is 14.4. The summed E-state index contributed by atoms with van der Waals surface area (Å²) in [5.74, 6) is 2.95. The summed E-state index contributed by atoms with van der Waals surface area (Å²) in [4.78, 5) is 6.82. The largest absolute Gasteiger partial charge is 0.465 e. The molecule has 1 aliphatic heterocycles. The topological polar surface area (TPSA) is 52.8 Å². The standard InChI is InChI=1S/C16H26N4O/c1-12-5-8-15(21-12)14(20-9-3-4-10-20)11-18-16(17-2)19-13-6-7-13/h5,8,13-14H,3-4,6-7,9-11H2,1-2H3,(H2,17,18,19). The fourth-order valence-electron chi connectivity index (χ4n) is 2.90.